The second kappa shape index (κ2) is 3.68. The van der Waals surface area contributed by atoms with Crippen LogP contribution in [0.1, 0.15) is 5.56 Å². The van der Waals surface area contributed by atoms with Crippen LogP contribution in [0.3, 0.4) is 0 Å². The Kier molecular flexibility index (Phi) is 2.37. The average Bonchev–Trinajstić information content (AvgIpc) is 2.61. The second-order valence-electron chi connectivity index (χ2n) is 2.72. The summed E-state index contributed by atoms with van der Waals surface area (Å²) in [4.78, 5) is 3.15. The number of H-pyrrole nitrogens is 1. The van der Waals surface area contributed by atoms with E-state index in [-0.39, 0.29) is 0 Å². The third-order valence-corrected chi connectivity index (χ3v) is 2.13. The highest BCUT2D eigenvalue weighted by Gasteiger charge is 1.93. The number of alkyl halides is 1. The molecule has 0 aliphatic rings. The van der Waals surface area contributed by atoms with E-state index in [2.05, 4.69) is 44.9 Å². The van der Waals surface area contributed by atoms with Crippen molar-refractivity contribution >= 4 is 26.8 Å². The Morgan fingerprint density at radius 3 is 3.08 bits per heavy atom. The highest BCUT2D eigenvalue weighted by Crippen LogP contribution is 2.13. The summed E-state index contributed by atoms with van der Waals surface area (Å²) in [7, 11) is 0. The highest BCUT2D eigenvalue weighted by molar-refractivity contribution is 9.09. The molecule has 0 saturated carbocycles. The molecule has 1 N–H and O–H groups in total. The Bertz CT molecular complexity index is 473. The van der Waals surface area contributed by atoms with Gasteiger partial charge in [0.2, 0.25) is 0 Å². The Morgan fingerprint density at radius 1 is 1.31 bits per heavy atom. The number of hydrogen-bond donors (Lipinski definition) is 1. The Balaban J connectivity index is 2.48. The quantitative estimate of drug-likeness (QED) is 0.532. The molecule has 1 aromatic heterocycles. The molecule has 1 heterocycles. The van der Waals surface area contributed by atoms with Crippen LogP contribution in [-0.2, 0) is 0 Å². The minimum atomic E-state index is 0.720. The summed E-state index contributed by atoms with van der Waals surface area (Å²) >= 11 is 3.27. The van der Waals surface area contributed by atoms with Crippen LogP contribution >= 0.6 is 15.9 Å². The van der Waals surface area contributed by atoms with Gasteiger partial charge in [0.25, 0.3) is 0 Å². The molecule has 0 atom stereocenters. The zero-order valence-corrected chi connectivity index (χ0v) is 8.56. The molecule has 2 rings (SSSR count). The minimum absolute atomic E-state index is 0.720. The molecule has 0 spiro atoms. The van der Waals surface area contributed by atoms with Crippen LogP contribution < -0.4 is 0 Å². The van der Waals surface area contributed by atoms with E-state index in [1.807, 2.05) is 18.3 Å². The first kappa shape index (κ1) is 8.40. The lowest BCUT2D eigenvalue weighted by Gasteiger charge is -1.90. The van der Waals surface area contributed by atoms with Gasteiger partial charge in [0.1, 0.15) is 0 Å². The van der Waals surface area contributed by atoms with Crippen LogP contribution in [0.4, 0.5) is 0 Å². The molecule has 64 valence electrons. The molecule has 0 fully saturated rings. The van der Waals surface area contributed by atoms with E-state index in [9.17, 15) is 0 Å². The number of halogens is 1. The molecule has 1 aromatic carbocycles. The fraction of sp³-hybridized carbons (Fsp3) is 0.0909. The number of rotatable bonds is 0. The summed E-state index contributed by atoms with van der Waals surface area (Å²) in [5, 5.41) is 1.93. The predicted molar refractivity (Wildman–Crippen MR) is 59.0 cm³/mol. The molecule has 1 nitrogen and oxygen atoms in total. The Hall–Kier alpha value is -1.20. The SMILES string of the molecule is BrCC#Cc1ccc2[nH]ccc2c1. The van der Waals surface area contributed by atoms with Crippen molar-refractivity contribution < 1.29 is 0 Å². The van der Waals surface area contributed by atoms with Crippen LogP contribution in [0.2, 0.25) is 0 Å². The van der Waals surface area contributed by atoms with Crippen molar-refractivity contribution in [2.45, 2.75) is 0 Å². The molecule has 13 heavy (non-hydrogen) atoms. The molecular weight excluding hydrogens is 226 g/mol. The predicted octanol–water partition coefficient (Wildman–Crippen LogP) is 2.91. The van der Waals surface area contributed by atoms with Gasteiger partial charge in [-0.3, -0.25) is 0 Å². The normalized spacial score (nSPS) is 9.62. The fourth-order valence-electron chi connectivity index (χ4n) is 1.27. The highest BCUT2D eigenvalue weighted by atomic mass is 79.9. The zero-order valence-electron chi connectivity index (χ0n) is 6.97. The van der Waals surface area contributed by atoms with Crippen molar-refractivity contribution in [2.75, 3.05) is 5.33 Å². The van der Waals surface area contributed by atoms with Gasteiger partial charge in [0, 0.05) is 22.7 Å². The maximum Gasteiger partial charge on any atom is 0.0649 e. The number of benzene rings is 1. The van der Waals surface area contributed by atoms with Crippen LogP contribution in [0.15, 0.2) is 30.5 Å². The molecule has 2 heteroatoms. The summed E-state index contributed by atoms with van der Waals surface area (Å²) in [5.74, 6) is 6.04. The molecule has 0 saturated heterocycles. The first-order valence-corrected chi connectivity index (χ1v) is 5.14. The zero-order chi connectivity index (χ0) is 9.10. The van der Waals surface area contributed by atoms with Crippen LogP contribution in [0.5, 0.6) is 0 Å². The summed E-state index contributed by atoms with van der Waals surface area (Å²) in [6.45, 7) is 0. The molecule has 0 unspecified atom stereocenters. The molecule has 0 amide bonds. The van der Waals surface area contributed by atoms with Gasteiger partial charge in [0.15, 0.2) is 0 Å². The monoisotopic (exact) mass is 233 g/mol. The number of nitrogens with one attached hydrogen (secondary N) is 1. The average molecular weight is 234 g/mol. The Labute approximate surface area is 85.3 Å². The van der Waals surface area contributed by atoms with Gasteiger partial charge in [-0.05, 0) is 24.3 Å². The molecular formula is C11H8BrN. The smallest absolute Gasteiger partial charge is 0.0649 e. The maximum absolute atomic E-state index is 3.27. The van der Waals surface area contributed by atoms with E-state index in [0.29, 0.717) is 0 Å². The molecule has 2 aromatic rings. The van der Waals surface area contributed by atoms with Crippen molar-refractivity contribution in [3.05, 3.63) is 36.0 Å². The van der Waals surface area contributed by atoms with E-state index in [0.717, 1.165) is 16.4 Å². The number of aromatic amines is 1. The van der Waals surface area contributed by atoms with Gasteiger partial charge in [-0.25, -0.2) is 0 Å². The first-order chi connectivity index (χ1) is 6.40. The largest absolute Gasteiger partial charge is 0.361 e. The van der Waals surface area contributed by atoms with Crippen LogP contribution in [0, 0.1) is 11.8 Å². The van der Waals surface area contributed by atoms with Gasteiger partial charge in [0.05, 0.1) is 5.33 Å². The third-order valence-electron chi connectivity index (χ3n) is 1.85. The maximum atomic E-state index is 3.27. The van der Waals surface area contributed by atoms with E-state index in [4.69, 9.17) is 0 Å². The lowest BCUT2D eigenvalue weighted by Crippen LogP contribution is -1.74. The minimum Gasteiger partial charge on any atom is -0.361 e. The van der Waals surface area contributed by atoms with Gasteiger partial charge >= 0.3 is 0 Å². The van der Waals surface area contributed by atoms with E-state index in [1.54, 1.807) is 0 Å². The summed E-state index contributed by atoms with van der Waals surface area (Å²) in [6.07, 6.45) is 1.94. The lowest BCUT2D eigenvalue weighted by atomic mass is 10.2. The number of fused-ring (bicyclic) bond motifs is 1. The molecule has 0 radical (unpaired) electrons. The summed E-state index contributed by atoms with van der Waals surface area (Å²) < 4.78 is 0. The van der Waals surface area contributed by atoms with Crippen LogP contribution in [-0.4, -0.2) is 10.3 Å². The van der Waals surface area contributed by atoms with Gasteiger partial charge < -0.3 is 4.98 Å². The third kappa shape index (κ3) is 1.76. The van der Waals surface area contributed by atoms with Crippen molar-refractivity contribution in [3.63, 3.8) is 0 Å². The van der Waals surface area contributed by atoms with Gasteiger partial charge in [-0.15, -0.1) is 0 Å². The van der Waals surface area contributed by atoms with Crippen LogP contribution in [0.25, 0.3) is 10.9 Å². The first-order valence-electron chi connectivity index (χ1n) is 4.02. The molecule has 0 aliphatic heterocycles. The molecule has 0 bridgehead atoms. The van der Waals surface area contributed by atoms with Gasteiger partial charge in [-0.2, -0.15) is 0 Å². The molecule has 0 aliphatic carbocycles. The van der Waals surface area contributed by atoms with Crippen molar-refractivity contribution in [1.82, 2.24) is 4.98 Å². The van der Waals surface area contributed by atoms with E-state index >= 15 is 0 Å². The van der Waals surface area contributed by atoms with Crippen molar-refractivity contribution in [2.24, 2.45) is 0 Å². The number of aromatic nitrogens is 1. The summed E-state index contributed by atoms with van der Waals surface area (Å²) in [6, 6.07) is 8.21. The standard InChI is InChI=1S/C11H8BrN/c12-6-1-2-9-3-4-11-10(8-9)5-7-13-11/h3-5,7-8,13H,6H2. The fourth-order valence-corrected chi connectivity index (χ4v) is 1.41. The van der Waals surface area contributed by atoms with E-state index < -0.39 is 0 Å². The Morgan fingerprint density at radius 2 is 2.23 bits per heavy atom. The topological polar surface area (TPSA) is 15.8 Å². The second-order valence-corrected chi connectivity index (χ2v) is 3.28. The lowest BCUT2D eigenvalue weighted by molar-refractivity contribution is 1.48. The van der Waals surface area contributed by atoms with E-state index in [1.165, 1.54) is 5.39 Å². The van der Waals surface area contributed by atoms with Crippen molar-refractivity contribution in [1.29, 1.82) is 0 Å². The van der Waals surface area contributed by atoms with Gasteiger partial charge in [-0.1, -0.05) is 27.8 Å². The number of hydrogen-bond acceptors (Lipinski definition) is 0. The summed E-state index contributed by atoms with van der Waals surface area (Å²) in [5.41, 5.74) is 2.22. The van der Waals surface area contributed by atoms with Crippen molar-refractivity contribution in [3.8, 4) is 11.8 Å².